The van der Waals surface area contributed by atoms with E-state index in [2.05, 4.69) is 0 Å². The van der Waals surface area contributed by atoms with Crippen LogP contribution in [0.25, 0.3) is 22.1 Å². The normalized spacial score (nSPS) is 18.0. The fourth-order valence-electron chi connectivity index (χ4n) is 4.54. The number of ether oxygens (including phenoxy) is 1. The Morgan fingerprint density at radius 3 is 2.38 bits per heavy atom. The lowest BCUT2D eigenvalue weighted by molar-refractivity contribution is -0.124. The highest BCUT2D eigenvalue weighted by Crippen LogP contribution is 2.45. The first kappa shape index (κ1) is 17.9. The topological polar surface area (TPSA) is 73.6 Å². The third kappa shape index (κ3) is 2.89. The van der Waals surface area contributed by atoms with Crippen LogP contribution in [0.5, 0.6) is 5.75 Å². The second-order valence-corrected chi connectivity index (χ2v) is 8.02. The van der Waals surface area contributed by atoms with Gasteiger partial charge in [-0.1, -0.05) is 30.3 Å². The maximum atomic E-state index is 13.1. The largest absolute Gasteiger partial charge is 0.486 e. The van der Waals surface area contributed by atoms with Crippen LogP contribution in [-0.4, -0.2) is 17.2 Å². The van der Waals surface area contributed by atoms with E-state index in [-0.39, 0.29) is 18.0 Å². The number of fused-ring (bicyclic) bond motifs is 2. The third-order valence-electron chi connectivity index (χ3n) is 6.12. The summed E-state index contributed by atoms with van der Waals surface area (Å²) in [5.41, 5.74) is 2.15. The first-order valence-corrected chi connectivity index (χ1v) is 9.87. The molecule has 1 fully saturated rings. The van der Waals surface area contributed by atoms with Crippen LogP contribution >= 0.6 is 0 Å². The summed E-state index contributed by atoms with van der Waals surface area (Å²) in [5.74, 6) is 0.707. The number of carbonyl (C=O) groups is 2. The minimum Gasteiger partial charge on any atom is -0.486 e. The number of ketones is 2. The summed E-state index contributed by atoms with van der Waals surface area (Å²) in [6.45, 7) is 1.82. The highest BCUT2D eigenvalue weighted by molar-refractivity contribution is 6.07. The molecule has 1 aliphatic carbocycles. The monoisotopic (exact) mass is 388 g/mol. The Bertz CT molecular complexity index is 1210. The van der Waals surface area contributed by atoms with Gasteiger partial charge >= 0.3 is 5.63 Å². The molecule has 5 nitrogen and oxygen atoms in total. The summed E-state index contributed by atoms with van der Waals surface area (Å²) >= 11 is 0. The van der Waals surface area contributed by atoms with E-state index >= 15 is 0 Å². The maximum Gasteiger partial charge on any atom is 0.336 e. The molecule has 1 aliphatic heterocycles. The Hall–Kier alpha value is -3.21. The molecule has 2 heterocycles. The fourth-order valence-corrected chi connectivity index (χ4v) is 4.54. The second-order valence-electron chi connectivity index (χ2n) is 8.02. The van der Waals surface area contributed by atoms with Crippen molar-refractivity contribution in [2.75, 3.05) is 0 Å². The predicted molar refractivity (Wildman–Crippen MR) is 108 cm³/mol. The number of benzene rings is 2. The van der Waals surface area contributed by atoms with Crippen molar-refractivity contribution in [2.45, 2.75) is 44.6 Å². The molecule has 0 bridgehead atoms. The molecule has 0 atom stereocenters. The van der Waals surface area contributed by atoms with Gasteiger partial charge in [0.05, 0.1) is 12.0 Å². The Morgan fingerprint density at radius 2 is 1.66 bits per heavy atom. The minimum atomic E-state index is -0.631. The van der Waals surface area contributed by atoms with Gasteiger partial charge in [0.25, 0.3) is 0 Å². The average Bonchev–Trinajstić information content (AvgIpc) is 2.72. The molecule has 0 saturated heterocycles. The van der Waals surface area contributed by atoms with Gasteiger partial charge < -0.3 is 9.15 Å². The number of rotatable bonds is 1. The van der Waals surface area contributed by atoms with Crippen LogP contribution in [0.3, 0.4) is 0 Å². The molecule has 1 saturated carbocycles. The fraction of sp³-hybridized carbons (Fsp3) is 0.292. The van der Waals surface area contributed by atoms with Crippen LogP contribution in [-0.2, 0) is 4.79 Å². The molecule has 1 spiro atoms. The molecule has 0 amide bonds. The second kappa shape index (κ2) is 6.41. The molecule has 0 N–H and O–H groups in total. The highest BCUT2D eigenvalue weighted by Gasteiger charge is 2.44. The summed E-state index contributed by atoms with van der Waals surface area (Å²) < 4.78 is 11.9. The lowest BCUT2D eigenvalue weighted by Gasteiger charge is -2.40. The van der Waals surface area contributed by atoms with Gasteiger partial charge in [0, 0.05) is 29.9 Å². The molecule has 5 heteroatoms. The molecule has 2 aromatic carbocycles. The van der Waals surface area contributed by atoms with E-state index in [4.69, 9.17) is 9.15 Å². The molecule has 2 aliphatic rings. The lowest BCUT2D eigenvalue weighted by atomic mass is 9.77. The van der Waals surface area contributed by atoms with Gasteiger partial charge in [-0.05, 0) is 37.0 Å². The summed E-state index contributed by atoms with van der Waals surface area (Å²) in [7, 11) is 0. The van der Waals surface area contributed by atoms with Crippen LogP contribution in [0, 0.1) is 6.92 Å². The van der Waals surface area contributed by atoms with Crippen LogP contribution < -0.4 is 10.4 Å². The molecular weight excluding hydrogens is 368 g/mol. The average molecular weight is 388 g/mol. The summed E-state index contributed by atoms with van der Waals surface area (Å²) in [6.07, 6.45) is 2.23. The number of Topliss-reactive ketones (excluding diaryl/α,β-unsaturated/α-hetero) is 2. The molecule has 3 aromatic rings. The van der Waals surface area contributed by atoms with Crippen LogP contribution in [0.15, 0.2) is 51.7 Å². The van der Waals surface area contributed by atoms with E-state index in [1.54, 1.807) is 6.07 Å². The van der Waals surface area contributed by atoms with Crippen molar-refractivity contribution >= 4 is 22.5 Å². The van der Waals surface area contributed by atoms with E-state index < -0.39 is 11.2 Å². The van der Waals surface area contributed by atoms with Crippen molar-refractivity contribution in [3.8, 4) is 16.9 Å². The van der Waals surface area contributed by atoms with Crippen molar-refractivity contribution in [2.24, 2.45) is 0 Å². The van der Waals surface area contributed by atoms with Gasteiger partial charge in [-0.15, -0.1) is 0 Å². The number of hydrogen-bond acceptors (Lipinski definition) is 5. The number of aryl methyl sites for hydroxylation is 1. The zero-order valence-corrected chi connectivity index (χ0v) is 16.1. The van der Waals surface area contributed by atoms with Crippen LogP contribution in [0.4, 0.5) is 0 Å². The van der Waals surface area contributed by atoms with E-state index in [0.717, 1.165) is 16.5 Å². The van der Waals surface area contributed by atoms with Crippen LogP contribution in [0.2, 0.25) is 0 Å². The maximum absolute atomic E-state index is 13.1. The van der Waals surface area contributed by atoms with Crippen molar-refractivity contribution in [1.82, 2.24) is 0 Å². The number of hydrogen-bond donors (Lipinski definition) is 0. The van der Waals surface area contributed by atoms with Gasteiger partial charge in [-0.3, -0.25) is 9.59 Å². The first-order chi connectivity index (χ1) is 14.0. The molecular formula is C24H20O5. The molecule has 0 unspecified atom stereocenters. The Balaban J connectivity index is 1.72. The highest BCUT2D eigenvalue weighted by atomic mass is 16.5. The molecule has 0 radical (unpaired) electrons. The van der Waals surface area contributed by atoms with Crippen molar-refractivity contribution < 1.29 is 18.7 Å². The third-order valence-corrected chi connectivity index (χ3v) is 6.12. The lowest BCUT2D eigenvalue weighted by Crippen LogP contribution is -2.45. The van der Waals surface area contributed by atoms with Gasteiger partial charge in [-0.2, -0.15) is 0 Å². The SMILES string of the molecule is Cc1c2c(cc3c(-c4ccccc4)cc(=O)oc13)C(=O)CC1(CCC(=O)CC1)O2. The minimum absolute atomic E-state index is 0.0100. The molecule has 1 aromatic heterocycles. The van der Waals surface area contributed by atoms with Gasteiger partial charge in [0.15, 0.2) is 5.78 Å². The van der Waals surface area contributed by atoms with E-state index in [1.165, 1.54) is 6.07 Å². The first-order valence-electron chi connectivity index (χ1n) is 9.87. The van der Waals surface area contributed by atoms with Crippen molar-refractivity contribution in [3.05, 3.63) is 64.0 Å². The standard InChI is InChI=1S/C24H20O5/c1-14-22-18(17(12-21(27)28-22)15-5-3-2-4-6-15)11-19-20(26)13-24(29-23(14)19)9-7-16(25)8-10-24/h2-6,11-12H,7-10,13H2,1H3. The van der Waals surface area contributed by atoms with Crippen LogP contribution in [0.1, 0.15) is 48.0 Å². The Kier molecular flexibility index (Phi) is 3.95. The van der Waals surface area contributed by atoms with E-state index in [0.29, 0.717) is 48.1 Å². The van der Waals surface area contributed by atoms with Crippen molar-refractivity contribution in [1.29, 1.82) is 0 Å². The quantitative estimate of drug-likeness (QED) is 0.569. The zero-order valence-electron chi connectivity index (χ0n) is 16.1. The number of carbonyl (C=O) groups excluding carboxylic acids is 2. The molecule has 29 heavy (non-hydrogen) atoms. The van der Waals surface area contributed by atoms with E-state index in [1.807, 2.05) is 37.3 Å². The van der Waals surface area contributed by atoms with Gasteiger partial charge in [0.1, 0.15) is 22.7 Å². The zero-order chi connectivity index (χ0) is 20.2. The summed E-state index contributed by atoms with van der Waals surface area (Å²) in [6, 6.07) is 12.8. The molecule has 5 rings (SSSR count). The van der Waals surface area contributed by atoms with Crippen molar-refractivity contribution in [3.63, 3.8) is 0 Å². The Labute approximate surface area is 167 Å². The summed E-state index contributed by atoms with van der Waals surface area (Å²) in [5, 5.41) is 0.721. The predicted octanol–water partition coefficient (Wildman–Crippen LogP) is 4.62. The Morgan fingerprint density at radius 1 is 0.931 bits per heavy atom. The van der Waals surface area contributed by atoms with Gasteiger partial charge in [-0.25, -0.2) is 4.79 Å². The smallest absolute Gasteiger partial charge is 0.336 e. The summed E-state index contributed by atoms with van der Waals surface area (Å²) in [4.78, 5) is 37.1. The molecule has 146 valence electrons. The van der Waals surface area contributed by atoms with E-state index in [9.17, 15) is 14.4 Å². The van der Waals surface area contributed by atoms with Gasteiger partial charge in [0.2, 0.25) is 0 Å².